The van der Waals surface area contributed by atoms with Crippen LogP contribution in [0.2, 0.25) is 5.02 Å². The van der Waals surface area contributed by atoms with Crippen LogP contribution in [0, 0.1) is 10.1 Å². The van der Waals surface area contributed by atoms with Gasteiger partial charge in [0.1, 0.15) is 0 Å². The lowest BCUT2D eigenvalue weighted by Gasteiger charge is -2.40. The zero-order chi connectivity index (χ0) is 18.7. The summed E-state index contributed by atoms with van der Waals surface area (Å²) in [6.45, 7) is 1.54. The van der Waals surface area contributed by atoms with Crippen LogP contribution in [0.4, 0.5) is 11.4 Å². The number of nitro benzene ring substituents is 1. The van der Waals surface area contributed by atoms with E-state index in [-0.39, 0.29) is 5.69 Å². The molecule has 1 aliphatic rings. The fourth-order valence-electron chi connectivity index (χ4n) is 3.49. The Morgan fingerprint density at radius 1 is 1.27 bits per heavy atom. The lowest BCUT2D eigenvalue weighted by Crippen LogP contribution is -2.43. The summed E-state index contributed by atoms with van der Waals surface area (Å²) in [6, 6.07) is 12.2. The number of non-ortho nitro benzene ring substituents is 1. The smallest absolute Gasteiger partial charge is 0.269 e. The first-order valence-electron chi connectivity index (χ1n) is 8.43. The Morgan fingerprint density at radius 3 is 2.58 bits per heavy atom. The van der Waals surface area contributed by atoms with Crippen LogP contribution in [-0.4, -0.2) is 30.2 Å². The van der Waals surface area contributed by atoms with Gasteiger partial charge in [0.15, 0.2) is 0 Å². The van der Waals surface area contributed by atoms with Crippen molar-refractivity contribution < 1.29 is 14.8 Å². The highest BCUT2D eigenvalue weighted by Gasteiger charge is 2.36. The van der Waals surface area contributed by atoms with Gasteiger partial charge in [-0.15, -0.1) is 0 Å². The molecule has 3 rings (SSSR count). The number of aliphatic hydroxyl groups is 1. The highest BCUT2D eigenvalue weighted by Crippen LogP contribution is 2.38. The number of hydrogen-bond donors (Lipinski definition) is 1. The van der Waals surface area contributed by atoms with Crippen LogP contribution >= 0.6 is 11.6 Å². The second kappa shape index (κ2) is 7.61. The molecule has 0 spiro atoms. The summed E-state index contributed by atoms with van der Waals surface area (Å²) in [5.74, 6) is 0. The van der Waals surface area contributed by atoms with Crippen molar-refractivity contribution in [2.75, 3.05) is 25.1 Å². The first kappa shape index (κ1) is 18.6. The molecular formula is C19H21ClN2O4. The van der Waals surface area contributed by atoms with Crippen molar-refractivity contribution in [3.63, 3.8) is 0 Å². The first-order valence-corrected chi connectivity index (χ1v) is 8.81. The molecule has 0 unspecified atom stereocenters. The average Bonchev–Trinajstić information content (AvgIpc) is 2.63. The molecule has 1 aliphatic heterocycles. The molecule has 1 heterocycles. The predicted molar refractivity (Wildman–Crippen MR) is 101 cm³/mol. The third kappa shape index (κ3) is 3.67. The number of hydrogen-bond acceptors (Lipinski definition) is 5. The maximum Gasteiger partial charge on any atom is 0.269 e. The molecule has 2 aromatic rings. The van der Waals surface area contributed by atoms with E-state index in [0.717, 1.165) is 16.8 Å². The number of ether oxygens (including phenoxy) is 1. The lowest BCUT2D eigenvalue weighted by atomic mass is 9.84. The molecule has 0 aromatic heterocycles. The van der Waals surface area contributed by atoms with E-state index in [9.17, 15) is 15.2 Å². The van der Waals surface area contributed by atoms with E-state index in [1.54, 1.807) is 25.3 Å². The third-order valence-corrected chi connectivity index (χ3v) is 5.21. The number of nitrogens with zero attached hydrogens (tertiary/aromatic N) is 2. The van der Waals surface area contributed by atoms with Gasteiger partial charge in [-0.05, 0) is 25.0 Å². The molecule has 0 amide bonds. The second-order valence-corrected chi connectivity index (χ2v) is 6.91. The van der Waals surface area contributed by atoms with Gasteiger partial charge in [-0.2, -0.15) is 0 Å². The standard InChI is InChI=1S/C19H21ClN2O4/c1-26-13-14-12-15(22(24)25)6-7-18(14)21-10-8-19(23,9-11-21)16-4-2-3-5-17(16)20/h2-7,12,23H,8-11,13H2,1H3. The van der Waals surface area contributed by atoms with Gasteiger partial charge in [0, 0.05) is 54.2 Å². The largest absolute Gasteiger partial charge is 0.385 e. The molecular weight excluding hydrogens is 356 g/mol. The van der Waals surface area contributed by atoms with Crippen LogP contribution in [0.5, 0.6) is 0 Å². The number of rotatable bonds is 5. The molecule has 0 bridgehead atoms. The number of methoxy groups -OCH3 is 1. The summed E-state index contributed by atoms with van der Waals surface area (Å²) >= 11 is 6.26. The maximum absolute atomic E-state index is 11.1. The number of benzene rings is 2. The van der Waals surface area contributed by atoms with E-state index < -0.39 is 10.5 Å². The third-order valence-electron chi connectivity index (χ3n) is 4.88. The molecule has 7 heteroatoms. The fraction of sp³-hybridized carbons (Fsp3) is 0.368. The average molecular weight is 377 g/mol. The van der Waals surface area contributed by atoms with Crippen molar-refractivity contribution >= 4 is 23.0 Å². The van der Waals surface area contributed by atoms with Crippen LogP contribution in [0.3, 0.4) is 0 Å². The van der Waals surface area contributed by atoms with E-state index in [2.05, 4.69) is 4.90 Å². The van der Waals surface area contributed by atoms with E-state index in [0.29, 0.717) is 37.6 Å². The lowest BCUT2D eigenvalue weighted by molar-refractivity contribution is -0.384. The molecule has 0 aliphatic carbocycles. The summed E-state index contributed by atoms with van der Waals surface area (Å²) in [6.07, 6.45) is 1.06. The summed E-state index contributed by atoms with van der Waals surface area (Å²) in [5.41, 5.74) is 1.51. The van der Waals surface area contributed by atoms with Crippen LogP contribution < -0.4 is 4.90 Å². The first-order chi connectivity index (χ1) is 12.4. The quantitative estimate of drug-likeness (QED) is 0.633. The fourth-order valence-corrected chi connectivity index (χ4v) is 3.80. The molecule has 0 saturated carbocycles. The zero-order valence-electron chi connectivity index (χ0n) is 14.5. The van der Waals surface area contributed by atoms with E-state index in [1.165, 1.54) is 6.07 Å². The molecule has 26 heavy (non-hydrogen) atoms. The van der Waals surface area contributed by atoms with Gasteiger partial charge in [0.05, 0.1) is 17.1 Å². The summed E-state index contributed by atoms with van der Waals surface area (Å²) in [7, 11) is 1.56. The van der Waals surface area contributed by atoms with Gasteiger partial charge in [0.25, 0.3) is 5.69 Å². The van der Waals surface area contributed by atoms with Crippen LogP contribution in [0.1, 0.15) is 24.0 Å². The molecule has 2 aromatic carbocycles. The van der Waals surface area contributed by atoms with Gasteiger partial charge in [-0.1, -0.05) is 29.8 Å². The molecule has 6 nitrogen and oxygen atoms in total. The number of piperidine rings is 1. The minimum absolute atomic E-state index is 0.0466. The van der Waals surface area contributed by atoms with Gasteiger partial charge >= 0.3 is 0 Å². The highest BCUT2D eigenvalue weighted by molar-refractivity contribution is 6.31. The number of nitro groups is 1. The summed E-state index contributed by atoms with van der Waals surface area (Å²) in [5, 5.41) is 22.6. The van der Waals surface area contributed by atoms with Gasteiger partial charge in [-0.25, -0.2) is 0 Å². The molecule has 1 fully saturated rings. The normalized spacial score (nSPS) is 16.5. The Hall–Kier alpha value is -2.15. The molecule has 0 radical (unpaired) electrons. The van der Waals surface area contributed by atoms with E-state index >= 15 is 0 Å². The van der Waals surface area contributed by atoms with Crippen molar-refractivity contribution in [3.05, 3.63) is 68.7 Å². The minimum atomic E-state index is -0.961. The topological polar surface area (TPSA) is 75.8 Å². The van der Waals surface area contributed by atoms with Crippen LogP contribution in [-0.2, 0) is 16.9 Å². The van der Waals surface area contributed by atoms with Gasteiger partial charge in [-0.3, -0.25) is 10.1 Å². The Labute approximate surface area is 157 Å². The van der Waals surface area contributed by atoms with Gasteiger partial charge < -0.3 is 14.7 Å². The van der Waals surface area contributed by atoms with Crippen molar-refractivity contribution in [2.24, 2.45) is 0 Å². The Bertz CT molecular complexity index is 804. The Kier molecular flexibility index (Phi) is 5.46. The summed E-state index contributed by atoms with van der Waals surface area (Å²) < 4.78 is 5.20. The van der Waals surface area contributed by atoms with Crippen molar-refractivity contribution in [2.45, 2.75) is 25.0 Å². The van der Waals surface area contributed by atoms with Crippen molar-refractivity contribution in [1.82, 2.24) is 0 Å². The maximum atomic E-state index is 11.1. The SMILES string of the molecule is COCc1cc([N+](=O)[O-])ccc1N1CCC(O)(c2ccccc2Cl)CC1. The molecule has 1 N–H and O–H groups in total. The highest BCUT2D eigenvalue weighted by atomic mass is 35.5. The molecule has 1 saturated heterocycles. The monoisotopic (exact) mass is 376 g/mol. The second-order valence-electron chi connectivity index (χ2n) is 6.50. The van der Waals surface area contributed by atoms with Crippen molar-refractivity contribution in [3.8, 4) is 0 Å². The predicted octanol–water partition coefficient (Wildman–Crippen LogP) is 3.88. The Balaban J connectivity index is 1.82. The molecule has 0 atom stereocenters. The summed E-state index contributed by atoms with van der Waals surface area (Å²) in [4.78, 5) is 12.7. The minimum Gasteiger partial charge on any atom is -0.385 e. The molecule has 138 valence electrons. The van der Waals surface area contributed by atoms with Gasteiger partial charge in [0.2, 0.25) is 0 Å². The van der Waals surface area contributed by atoms with Crippen molar-refractivity contribution in [1.29, 1.82) is 0 Å². The van der Waals surface area contributed by atoms with E-state index in [4.69, 9.17) is 16.3 Å². The van der Waals surface area contributed by atoms with Crippen LogP contribution in [0.15, 0.2) is 42.5 Å². The number of halogens is 1. The number of anilines is 1. The zero-order valence-corrected chi connectivity index (χ0v) is 15.3. The van der Waals surface area contributed by atoms with E-state index in [1.807, 2.05) is 18.2 Å². The Morgan fingerprint density at radius 2 is 1.96 bits per heavy atom. The van der Waals surface area contributed by atoms with Crippen LogP contribution in [0.25, 0.3) is 0 Å².